The van der Waals surface area contributed by atoms with Gasteiger partial charge in [-0.2, -0.15) is 0 Å². The zero-order chi connectivity index (χ0) is 12.9. The first-order chi connectivity index (χ1) is 7.98. The molecule has 1 atom stereocenters. The lowest BCUT2D eigenvalue weighted by Crippen LogP contribution is -2.37. The predicted molar refractivity (Wildman–Crippen MR) is 73.4 cm³/mol. The van der Waals surface area contributed by atoms with Gasteiger partial charge in [-0.1, -0.05) is 24.3 Å². The first-order valence-electron chi connectivity index (χ1n) is 6.25. The molecule has 17 heavy (non-hydrogen) atoms. The Hall–Kier alpha value is -0.860. The molecule has 0 aliphatic heterocycles. The molecule has 1 aromatic carbocycles. The molecule has 1 aromatic rings. The van der Waals surface area contributed by atoms with E-state index in [4.69, 9.17) is 4.74 Å². The van der Waals surface area contributed by atoms with Crippen LogP contribution in [0.15, 0.2) is 24.3 Å². The minimum Gasteiger partial charge on any atom is -0.379 e. The van der Waals surface area contributed by atoms with Crippen LogP contribution in [-0.4, -0.2) is 25.8 Å². The van der Waals surface area contributed by atoms with E-state index in [2.05, 4.69) is 50.4 Å². The average Bonchev–Trinajstić information content (AvgIpc) is 2.31. The molecule has 0 spiro atoms. The average molecular weight is 235 g/mol. The van der Waals surface area contributed by atoms with Gasteiger partial charge in [0.25, 0.3) is 0 Å². The van der Waals surface area contributed by atoms with Gasteiger partial charge in [-0.05, 0) is 51.8 Å². The third-order valence-electron chi connectivity index (χ3n) is 3.43. The predicted octanol–water partition coefficient (Wildman–Crippen LogP) is 2.94. The Morgan fingerprint density at radius 1 is 1.29 bits per heavy atom. The van der Waals surface area contributed by atoms with Crippen molar-refractivity contribution in [2.75, 3.05) is 14.2 Å². The SMILES string of the molecule is CNC(Cc1ccccc1C)CC(C)(C)OC. The van der Waals surface area contributed by atoms with Crippen LogP contribution in [-0.2, 0) is 11.2 Å². The summed E-state index contributed by atoms with van der Waals surface area (Å²) in [6.45, 7) is 6.44. The van der Waals surface area contributed by atoms with Crippen molar-refractivity contribution in [2.24, 2.45) is 0 Å². The van der Waals surface area contributed by atoms with Crippen molar-refractivity contribution in [2.45, 2.75) is 45.3 Å². The second-order valence-electron chi connectivity index (χ2n) is 5.28. The Labute approximate surface area is 105 Å². The molecular weight excluding hydrogens is 210 g/mol. The summed E-state index contributed by atoms with van der Waals surface area (Å²) in [6, 6.07) is 9.03. The molecule has 1 rings (SSSR count). The van der Waals surface area contributed by atoms with E-state index in [-0.39, 0.29) is 5.60 Å². The van der Waals surface area contributed by atoms with Gasteiger partial charge in [0.2, 0.25) is 0 Å². The molecule has 0 saturated heterocycles. The van der Waals surface area contributed by atoms with Crippen LogP contribution in [0.2, 0.25) is 0 Å². The molecule has 2 heteroatoms. The van der Waals surface area contributed by atoms with Gasteiger partial charge in [0.05, 0.1) is 5.60 Å². The van der Waals surface area contributed by atoms with Crippen LogP contribution in [0.3, 0.4) is 0 Å². The van der Waals surface area contributed by atoms with Crippen molar-refractivity contribution < 1.29 is 4.74 Å². The number of rotatable bonds is 6. The van der Waals surface area contributed by atoms with Crippen molar-refractivity contribution in [3.63, 3.8) is 0 Å². The van der Waals surface area contributed by atoms with Crippen molar-refractivity contribution in [1.82, 2.24) is 5.32 Å². The van der Waals surface area contributed by atoms with Crippen LogP contribution in [0.4, 0.5) is 0 Å². The van der Waals surface area contributed by atoms with Crippen LogP contribution in [0.5, 0.6) is 0 Å². The number of methoxy groups -OCH3 is 1. The summed E-state index contributed by atoms with van der Waals surface area (Å²) in [4.78, 5) is 0. The van der Waals surface area contributed by atoms with Gasteiger partial charge in [0.15, 0.2) is 0 Å². The summed E-state index contributed by atoms with van der Waals surface area (Å²) in [6.07, 6.45) is 2.06. The molecule has 1 N–H and O–H groups in total. The van der Waals surface area contributed by atoms with Crippen LogP contribution in [0.25, 0.3) is 0 Å². The van der Waals surface area contributed by atoms with Gasteiger partial charge in [0, 0.05) is 13.2 Å². The Bertz CT molecular complexity index is 347. The summed E-state index contributed by atoms with van der Waals surface area (Å²) >= 11 is 0. The van der Waals surface area contributed by atoms with Gasteiger partial charge < -0.3 is 10.1 Å². The number of hydrogen-bond donors (Lipinski definition) is 1. The highest BCUT2D eigenvalue weighted by molar-refractivity contribution is 5.26. The van der Waals surface area contributed by atoms with Gasteiger partial charge >= 0.3 is 0 Å². The van der Waals surface area contributed by atoms with Crippen molar-refractivity contribution in [3.8, 4) is 0 Å². The molecule has 0 saturated carbocycles. The van der Waals surface area contributed by atoms with E-state index < -0.39 is 0 Å². The second-order valence-corrected chi connectivity index (χ2v) is 5.28. The van der Waals surface area contributed by atoms with Crippen LogP contribution in [0, 0.1) is 6.92 Å². The van der Waals surface area contributed by atoms with E-state index in [1.807, 2.05) is 7.05 Å². The van der Waals surface area contributed by atoms with Crippen LogP contribution in [0.1, 0.15) is 31.4 Å². The number of ether oxygens (including phenoxy) is 1. The van der Waals surface area contributed by atoms with E-state index in [1.165, 1.54) is 11.1 Å². The third-order valence-corrected chi connectivity index (χ3v) is 3.43. The largest absolute Gasteiger partial charge is 0.379 e. The second kappa shape index (κ2) is 6.18. The van der Waals surface area contributed by atoms with Gasteiger partial charge in [-0.3, -0.25) is 0 Å². The Morgan fingerprint density at radius 3 is 2.47 bits per heavy atom. The fourth-order valence-electron chi connectivity index (χ4n) is 2.06. The van der Waals surface area contributed by atoms with Crippen molar-refractivity contribution in [3.05, 3.63) is 35.4 Å². The summed E-state index contributed by atoms with van der Waals surface area (Å²) in [7, 11) is 3.80. The number of aryl methyl sites for hydroxylation is 1. The molecular formula is C15H25NO. The Kier molecular flexibility index (Phi) is 5.16. The fourth-order valence-corrected chi connectivity index (χ4v) is 2.06. The topological polar surface area (TPSA) is 21.3 Å². The number of likely N-dealkylation sites (N-methyl/N-ethyl adjacent to an activating group) is 1. The van der Waals surface area contributed by atoms with E-state index in [0.717, 1.165) is 12.8 Å². The standard InChI is InChI=1S/C15H25NO/c1-12-8-6-7-9-13(12)10-14(16-4)11-15(2,3)17-5/h6-9,14,16H,10-11H2,1-5H3. The monoisotopic (exact) mass is 235 g/mol. The lowest BCUT2D eigenvalue weighted by atomic mass is 9.92. The maximum atomic E-state index is 5.50. The first kappa shape index (κ1) is 14.2. The summed E-state index contributed by atoms with van der Waals surface area (Å²) in [5.41, 5.74) is 2.71. The number of benzene rings is 1. The number of nitrogens with one attached hydrogen (secondary N) is 1. The smallest absolute Gasteiger partial charge is 0.0637 e. The molecule has 0 amide bonds. The number of hydrogen-bond acceptors (Lipinski definition) is 2. The summed E-state index contributed by atoms with van der Waals surface area (Å²) in [5.74, 6) is 0. The first-order valence-corrected chi connectivity index (χ1v) is 6.25. The molecule has 0 aromatic heterocycles. The van der Waals surface area contributed by atoms with Gasteiger partial charge in [-0.15, -0.1) is 0 Å². The third kappa shape index (κ3) is 4.49. The normalized spacial score (nSPS) is 13.7. The molecule has 0 fully saturated rings. The van der Waals surface area contributed by atoms with Crippen molar-refractivity contribution in [1.29, 1.82) is 0 Å². The maximum Gasteiger partial charge on any atom is 0.0637 e. The fraction of sp³-hybridized carbons (Fsp3) is 0.600. The highest BCUT2D eigenvalue weighted by atomic mass is 16.5. The van der Waals surface area contributed by atoms with Crippen molar-refractivity contribution >= 4 is 0 Å². The minimum atomic E-state index is -0.0731. The summed E-state index contributed by atoms with van der Waals surface area (Å²) < 4.78 is 5.50. The highest BCUT2D eigenvalue weighted by Gasteiger charge is 2.22. The highest BCUT2D eigenvalue weighted by Crippen LogP contribution is 2.19. The zero-order valence-electron chi connectivity index (χ0n) is 11.7. The zero-order valence-corrected chi connectivity index (χ0v) is 11.7. The molecule has 0 bridgehead atoms. The van der Waals surface area contributed by atoms with E-state index in [1.54, 1.807) is 7.11 Å². The van der Waals surface area contributed by atoms with E-state index in [9.17, 15) is 0 Å². The van der Waals surface area contributed by atoms with Gasteiger partial charge in [0.1, 0.15) is 0 Å². The van der Waals surface area contributed by atoms with Crippen LogP contribution >= 0.6 is 0 Å². The molecule has 0 aliphatic rings. The van der Waals surface area contributed by atoms with E-state index >= 15 is 0 Å². The van der Waals surface area contributed by atoms with E-state index in [0.29, 0.717) is 6.04 Å². The molecule has 1 unspecified atom stereocenters. The Morgan fingerprint density at radius 2 is 1.94 bits per heavy atom. The molecule has 96 valence electrons. The quantitative estimate of drug-likeness (QED) is 0.818. The molecule has 2 nitrogen and oxygen atoms in total. The molecule has 0 radical (unpaired) electrons. The molecule has 0 heterocycles. The van der Waals surface area contributed by atoms with Crippen LogP contribution < -0.4 is 5.32 Å². The Balaban J connectivity index is 2.68. The molecule has 0 aliphatic carbocycles. The minimum absolute atomic E-state index is 0.0731. The maximum absolute atomic E-state index is 5.50. The summed E-state index contributed by atoms with van der Waals surface area (Å²) in [5, 5.41) is 3.39. The lowest BCUT2D eigenvalue weighted by molar-refractivity contribution is 0.00771. The lowest BCUT2D eigenvalue weighted by Gasteiger charge is -2.28. The van der Waals surface area contributed by atoms with Gasteiger partial charge in [-0.25, -0.2) is 0 Å².